The Labute approximate surface area is 245 Å². The van der Waals surface area contributed by atoms with Crippen molar-refractivity contribution in [3.05, 3.63) is 88.1 Å². The van der Waals surface area contributed by atoms with Crippen LogP contribution in [-0.2, 0) is 34.0 Å². The molecule has 3 rings (SSSR count). The van der Waals surface area contributed by atoms with Crippen LogP contribution >= 0.6 is 11.3 Å². The summed E-state index contributed by atoms with van der Waals surface area (Å²) < 4.78 is 11.1. The van der Waals surface area contributed by atoms with Crippen molar-refractivity contribution >= 4 is 35.0 Å². The molecule has 0 bridgehead atoms. The molecule has 1 aromatic heterocycles. The standard InChI is InChI=1S/C31H40N4O5S/c1-30(2,3)27(36)31(40-28(33)37,17-7-8-18-34-29(38)39-22-24-10-5-4-6-11-24)35(21-26-12-9-19-41-26)20-23-13-15-25(32)16-14-23/h4-6,9-16,19H,7-8,17-18,20-22,32H2,1-3H3,(H2,33,37)(H,34,38)/t31-/m1/s1. The Morgan fingerprint density at radius 2 is 1.61 bits per heavy atom. The maximum Gasteiger partial charge on any atom is 0.407 e. The minimum Gasteiger partial charge on any atom is -0.445 e. The van der Waals surface area contributed by atoms with Crippen molar-refractivity contribution < 1.29 is 23.9 Å². The Morgan fingerprint density at radius 1 is 0.902 bits per heavy atom. The molecule has 10 heteroatoms. The van der Waals surface area contributed by atoms with Crippen LogP contribution in [0.4, 0.5) is 15.3 Å². The number of nitrogens with zero attached hydrogens (tertiary/aromatic N) is 1. The number of carbonyl (C=O) groups excluding carboxylic acids is 3. The van der Waals surface area contributed by atoms with Crippen LogP contribution < -0.4 is 16.8 Å². The lowest BCUT2D eigenvalue weighted by atomic mass is 9.81. The number of ether oxygens (including phenoxy) is 2. The predicted molar refractivity (Wildman–Crippen MR) is 161 cm³/mol. The van der Waals surface area contributed by atoms with Crippen molar-refractivity contribution in [3.8, 4) is 0 Å². The lowest BCUT2D eigenvalue weighted by Crippen LogP contribution is -2.60. The predicted octanol–water partition coefficient (Wildman–Crippen LogP) is 5.84. The largest absolute Gasteiger partial charge is 0.445 e. The Kier molecular flexibility index (Phi) is 11.3. The van der Waals surface area contributed by atoms with Crippen LogP contribution in [0.5, 0.6) is 0 Å². The van der Waals surface area contributed by atoms with Crippen molar-refractivity contribution in [1.29, 1.82) is 0 Å². The van der Waals surface area contributed by atoms with Gasteiger partial charge in [-0.25, -0.2) is 14.5 Å². The molecule has 1 atom stereocenters. The number of carbonyl (C=O) groups is 3. The number of thiophene rings is 1. The molecule has 0 aliphatic heterocycles. The zero-order valence-corrected chi connectivity index (χ0v) is 24.7. The number of nitrogens with one attached hydrogen (secondary N) is 1. The molecule has 1 heterocycles. The van der Waals surface area contributed by atoms with Crippen molar-refractivity contribution in [2.45, 2.75) is 65.5 Å². The average Bonchev–Trinajstić information content (AvgIpc) is 3.44. The molecular weight excluding hydrogens is 540 g/mol. The van der Waals surface area contributed by atoms with E-state index in [0.29, 0.717) is 38.2 Å². The van der Waals surface area contributed by atoms with Gasteiger partial charge in [0.25, 0.3) is 0 Å². The van der Waals surface area contributed by atoms with Gasteiger partial charge in [0.2, 0.25) is 5.72 Å². The molecule has 5 N–H and O–H groups in total. The number of alkyl carbamates (subject to hydrolysis) is 1. The van der Waals surface area contributed by atoms with Crippen molar-refractivity contribution in [2.24, 2.45) is 11.1 Å². The highest BCUT2D eigenvalue weighted by Gasteiger charge is 2.51. The van der Waals surface area contributed by atoms with Gasteiger partial charge in [-0.2, -0.15) is 0 Å². The summed E-state index contributed by atoms with van der Waals surface area (Å²) in [6, 6.07) is 20.7. The van der Waals surface area contributed by atoms with Gasteiger partial charge in [-0.15, -0.1) is 11.3 Å². The third-order valence-corrected chi connectivity index (χ3v) is 7.38. The Morgan fingerprint density at radius 3 is 2.22 bits per heavy atom. The minimum atomic E-state index is -1.64. The SMILES string of the molecule is CC(C)(C)C(=O)[C@@](CCCCNC(=O)OCc1ccccc1)(OC(N)=O)N(Cc1ccc(N)cc1)Cc1cccs1. The number of Topliss-reactive ketones (excluding diaryl/α,β-unsaturated/α-hetero) is 1. The van der Waals surface area contributed by atoms with Crippen LogP contribution in [0.15, 0.2) is 72.1 Å². The van der Waals surface area contributed by atoms with Crippen molar-refractivity contribution in [3.63, 3.8) is 0 Å². The molecule has 0 spiro atoms. The lowest BCUT2D eigenvalue weighted by Gasteiger charge is -2.44. The number of rotatable bonds is 14. The van der Waals surface area contributed by atoms with Gasteiger partial charge in [0.15, 0.2) is 5.78 Å². The van der Waals surface area contributed by atoms with Gasteiger partial charge in [0.1, 0.15) is 6.61 Å². The molecule has 0 unspecified atom stereocenters. The third-order valence-electron chi connectivity index (χ3n) is 6.52. The first kappa shape index (κ1) is 31.6. The molecule has 220 valence electrons. The van der Waals surface area contributed by atoms with E-state index in [-0.39, 0.29) is 18.8 Å². The lowest BCUT2D eigenvalue weighted by molar-refractivity contribution is -0.175. The highest BCUT2D eigenvalue weighted by atomic mass is 32.1. The van der Waals surface area contributed by atoms with E-state index in [9.17, 15) is 14.4 Å². The van der Waals surface area contributed by atoms with Crippen LogP contribution in [0.2, 0.25) is 0 Å². The first-order chi connectivity index (χ1) is 19.5. The summed E-state index contributed by atoms with van der Waals surface area (Å²) in [6.45, 7) is 6.57. The van der Waals surface area contributed by atoms with E-state index in [1.807, 2.05) is 64.9 Å². The van der Waals surface area contributed by atoms with Crippen LogP contribution in [0.25, 0.3) is 0 Å². The fourth-order valence-corrected chi connectivity index (χ4v) is 5.25. The number of hydrogen-bond donors (Lipinski definition) is 3. The number of primary amides is 1. The summed E-state index contributed by atoms with van der Waals surface area (Å²) in [5, 5.41) is 4.71. The molecular formula is C31H40N4O5S. The maximum atomic E-state index is 14.1. The zero-order chi connectivity index (χ0) is 29.9. The number of nitrogen functional groups attached to an aromatic ring is 1. The number of anilines is 1. The van der Waals surface area contributed by atoms with Crippen LogP contribution in [0.1, 0.15) is 56.0 Å². The van der Waals surface area contributed by atoms with Crippen molar-refractivity contribution in [1.82, 2.24) is 10.2 Å². The Balaban J connectivity index is 1.79. The van der Waals surface area contributed by atoms with E-state index in [1.54, 1.807) is 44.2 Å². The molecule has 41 heavy (non-hydrogen) atoms. The normalized spacial score (nSPS) is 12.9. The van der Waals surface area contributed by atoms with Crippen LogP contribution in [0.3, 0.4) is 0 Å². The van der Waals surface area contributed by atoms with Crippen molar-refractivity contribution in [2.75, 3.05) is 12.3 Å². The second-order valence-corrected chi connectivity index (χ2v) is 11.9. The maximum absolute atomic E-state index is 14.1. The third kappa shape index (κ3) is 9.61. The van der Waals surface area contributed by atoms with Gasteiger partial charge >= 0.3 is 12.2 Å². The summed E-state index contributed by atoms with van der Waals surface area (Å²) in [5.41, 5.74) is 11.4. The Bertz CT molecular complexity index is 1260. The fourth-order valence-electron chi connectivity index (χ4n) is 4.53. The molecule has 2 aromatic carbocycles. The second kappa shape index (κ2) is 14.7. The monoisotopic (exact) mass is 580 g/mol. The Hall–Kier alpha value is -3.89. The number of nitrogens with two attached hydrogens (primary N) is 2. The summed E-state index contributed by atoms with van der Waals surface area (Å²) in [7, 11) is 0. The molecule has 0 fully saturated rings. The number of benzene rings is 2. The van der Waals surface area contributed by atoms with Crippen LogP contribution in [-0.4, -0.2) is 35.1 Å². The molecule has 0 aliphatic rings. The summed E-state index contributed by atoms with van der Waals surface area (Å²) in [4.78, 5) is 41.6. The first-order valence-corrected chi connectivity index (χ1v) is 14.5. The number of amides is 2. The van der Waals surface area contributed by atoms with E-state index in [4.69, 9.17) is 20.9 Å². The van der Waals surface area contributed by atoms with Gasteiger partial charge < -0.3 is 26.3 Å². The zero-order valence-electron chi connectivity index (χ0n) is 23.9. The highest BCUT2D eigenvalue weighted by Crippen LogP contribution is 2.36. The van der Waals surface area contributed by atoms with E-state index >= 15 is 0 Å². The van der Waals surface area contributed by atoms with Gasteiger partial charge in [-0.1, -0.05) is 69.3 Å². The molecule has 2 amide bonds. The quantitative estimate of drug-likeness (QED) is 0.124. The molecule has 0 saturated heterocycles. The van der Waals surface area contributed by atoms with Gasteiger partial charge in [0.05, 0.1) is 0 Å². The summed E-state index contributed by atoms with van der Waals surface area (Å²) in [5.74, 6) is -0.258. The number of unbranched alkanes of at least 4 members (excludes halogenated alkanes) is 1. The smallest absolute Gasteiger partial charge is 0.407 e. The first-order valence-electron chi connectivity index (χ1n) is 13.6. The summed E-state index contributed by atoms with van der Waals surface area (Å²) in [6.07, 6.45) is -0.374. The molecule has 0 saturated carbocycles. The van der Waals surface area contributed by atoms with E-state index in [2.05, 4.69) is 5.32 Å². The van der Waals surface area contributed by atoms with Gasteiger partial charge in [-0.3, -0.25) is 4.79 Å². The number of ketones is 1. The molecule has 0 radical (unpaired) electrons. The second-order valence-electron chi connectivity index (χ2n) is 10.9. The topological polar surface area (TPSA) is 137 Å². The van der Waals surface area contributed by atoms with E-state index in [1.165, 1.54) is 0 Å². The summed E-state index contributed by atoms with van der Waals surface area (Å²) >= 11 is 1.55. The highest BCUT2D eigenvalue weighted by molar-refractivity contribution is 7.09. The van der Waals surface area contributed by atoms with Gasteiger partial charge in [-0.05, 0) is 47.5 Å². The molecule has 9 nitrogen and oxygen atoms in total. The minimum absolute atomic E-state index is 0.172. The number of hydrogen-bond acceptors (Lipinski definition) is 8. The average molecular weight is 581 g/mol. The molecule has 0 aliphatic carbocycles. The van der Waals surface area contributed by atoms with Gasteiger partial charge in [0, 0.05) is 42.0 Å². The van der Waals surface area contributed by atoms with E-state index < -0.39 is 23.3 Å². The molecule has 3 aromatic rings. The van der Waals surface area contributed by atoms with E-state index in [0.717, 1.165) is 16.0 Å². The fraction of sp³-hybridized carbons (Fsp3) is 0.387. The van der Waals surface area contributed by atoms with Crippen LogP contribution in [0, 0.1) is 5.41 Å².